The summed E-state index contributed by atoms with van der Waals surface area (Å²) in [6.45, 7) is 6.74. The second-order valence-corrected chi connectivity index (χ2v) is 12.1. The molecule has 1 saturated heterocycles. The first-order chi connectivity index (χ1) is 18.6. The molecule has 0 bridgehead atoms. The maximum atomic E-state index is 13.4. The Morgan fingerprint density at radius 2 is 1.64 bits per heavy atom. The van der Waals surface area contributed by atoms with Crippen molar-refractivity contribution in [2.75, 3.05) is 18.4 Å². The first-order valence-electron chi connectivity index (χ1n) is 12.9. The fourth-order valence-corrected chi connectivity index (χ4v) is 5.37. The van der Waals surface area contributed by atoms with E-state index in [9.17, 15) is 13.2 Å². The Hall–Kier alpha value is -3.56. The monoisotopic (exact) mass is 553 g/mol. The van der Waals surface area contributed by atoms with Gasteiger partial charge >= 0.3 is 0 Å². The van der Waals surface area contributed by atoms with Crippen LogP contribution in [-0.4, -0.2) is 40.6 Å². The summed E-state index contributed by atoms with van der Waals surface area (Å²) in [5.74, 6) is 1.08. The standard InChI is InChI=1S/C30H35NO7S/c1-30(2,3)21-15-17-22(18-16-21)39(33,34)31-23-10-9-14-27(37-28(20-32)25-12-7-8-19-36-25)29(23)38-26-13-6-5-11-24(26)35-4/h5-6,9-11,13-18,20,25,28,31H,7-8,12,19H2,1-4H3. The van der Waals surface area contributed by atoms with Gasteiger partial charge < -0.3 is 18.9 Å². The van der Waals surface area contributed by atoms with Gasteiger partial charge in [-0.1, -0.05) is 51.1 Å². The molecule has 1 fully saturated rings. The molecule has 0 spiro atoms. The average molecular weight is 554 g/mol. The molecule has 3 aromatic rings. The van der Waals surface area contributed by atoms with Crippen molar-refractivity contribution >= 4 is 22.0 Å². The first kappa shape index (κ1) is 28.4. The Morgan fingerprint density at radius 1 is 0.949 bits per heavy atom. The molecule has 1 N–H and O–H groups in total. The lowest BCUT2D eigenvalue weighted by Crippen LogP contribution is -2.37. The summed E-state index contributed by atoms with van der Waals surface area (Å²) in [6.07, 6.45) is 1.95. The zero-order chi connectivity index (χ0) is 28.0. The molecule has 1 aliphatic heterocycles. The Balaban J connectivity index is 1.72. The molecule has 208 valence electrons. The molecule has 0 aromatic heterocycles. The fourth-order valence-electron chi connectivity index (χ4n) is 4.31. The van der Waals surface area contributed by atoms with E-state index in [-0.39, 0.29) is 27.5 Å². The van der Waals surface area contributed by atoms with Gasteiger partial charge in [0.2, 0.25) is 0 Å². The number of rotatable bonds is 10. The number of hydrogen-bond donors (Lipinski definition) is 1. The fraction of sp³-hybridized carbons (Fsp3) is 0.367. The van der Waals surface area contributed by atoms with Crippen LogP contribution in [0.3, 0.4) is 0 Å². The number of ether oxygens (including phenoxy) is 4. The van der Waals surface area contributed by atoms with Crippen LogP contribution in [0, 0.1) is 0 Å². The minimum atomic E-state index is -3.99. The van der Waals surface area contributed by atoms with Crippen molar-refractivity contribution in [3.8, 4) is 23.0 Å². The second-order valence-electron chi connectivity index (χ2n) is 10.4. The van der Waals surface area contributed by atoms with Crippen LogP contribution >= 0.6 is 0 Å². The van der Waals surface area contributed by atoms with E-state index in [2.05, 4.69) is 25.5 Å². The van der Waals surface area contributed by atoms with Crippen molar-refractivity contribution in [2.24, 2.45) is 0 Å². The lowest BCUT2D eigenvalue weighted by Gasteiger charge is -2.28. The maximum Gasteiger partial charge on any atom is 0.262 e. The van der Waals surface area contributed by atoms with Gasteiger partial charge in [-0.2, -0.15) is 0 Å². The van der Waals surface area contributed by atoms with Gasteiger partial charge in [0.1, 0.15) is 6.10 Å². The van der Waals surface area contributed by atoms with Gasteiger partial charge in [0.05, 0.1) is 17.7 Å². The molecular formula is C30H35NO7S. The highest BCUT2D eigenvalue weighted by molar-refractivity contribution is 7.92. The second kappa shape index (κ2) is 12.1. The molecule has 3 aromatic carbocycles. The third-order valence-corrected chi connectivity index (χ3v) is 7.89. The Labute approximate surface area is 230 Å². The topological polar surface area (TPSA) is 100 Å². The zero-order valence-electron chi connectivity index (χ0n) is 22.7. The SMILES string of the molecule is COc1ccccc1Oc1c(NS(=O)(=O)c2ccc(C(C)(C)C)cc2)cccc1OC(C=O)C1CCCCO1. The summed E-state index contributed by atoms with van der Waals surface area (Å²) in [5, 5.41) is 0. The molecule has 0 amide bonds. The Kier molecular flexibility index (Phi) is 8.82. The van der Waals surface area contributed by atoms with Crippen LogP contribution in [0.15, 0.2) is 71.6 Å². The summed E-state index contributed by atoms with van der Waals surface area (Å²) in [7, 11) is -2.48. The average Bonchev–Trinajstić information content (AvgIpc) is 2.93. The predicted molar refractivity (Wildman–Crippen MR) is 150 cm³/mol. The molecule has 8 nitrogen and oxygen atoms in total. The largest absolute Gasteiger partial charge is 0.493 e. The molecule has 1 aliphatic rings. The third-order valence-electron chi connectivity index (χ3n) is 6.51. The number of methoxy groups -OCH3 is 1. The lowest BCUT2D eigenvalue weighted by molar-refractivity contribution is -0.123. The molecular weight excluding hydrogens is 518 g/mol. The third kappa shape index (κ3) is 6.91. The van der Waals surface area contributed by atoms with Crippen molar-refractivity contribution in [3.63, 3.8) is 0 Å². The van der Waals surface area contributed by atoms with Gasteiger partial charge in [-0.25, -0.2) is 8.42 Å². The van der Waals surface area contributed by atoms with Crippen LogP contribution in [0.2, 0.25) is 0 Å². The van der Waals surface area contributed by atoms with E-state index in [1.807, 2.05) is 0 Å². The van der Waals surface area contributed by atoms with Gasteiger partial charge in [0.25, 0.3) is 10.0 Å². The summed E-state index contributed by atoms with van der Waals surface area (Å²) >= 11 is 0. The number of carbonyl (C=O) groups excluding carboxylic acids is 1. The number of para-hydroxylation sites is 3. The van der Waals surface area contributed by atoms with Crippen molar-refractivity contribution < 1.29 is 32.2 Å². The summed E-state index contributed by atoms with van der Waals surface area (Å²) in [4.78, 5) is 12.1. The smallest absolute Gasteiger partial charge is 0.262 e. The maximum absolute atomic E-state index is 13.4. The molecule has 2 atom stereocenters. The van der Waals surface area contributed by atoms with Crippen molar-refractivity contribution in [1.29, 1.82) is 0 Å². The minimum absolute atomic E-state index is 0.0968. The van der Waals surface area contributed by atoms with Crippen LogP contribution in [0.4, 0.5) is 5.69 Å². The molecule has 4 rings (SSSR count). The van der Waals surface area contributed by atoms with Crippen LogP contribution in [0.1, 0.15) is 45.6 Å². The van der Waals surface area contributed by atoms with Crippen LogP contribution in [-0.2, 0) is 25.0 Å². The number of anilines is 1. The van der Waals surface area contributed by atoms with E-state index < -0.39 is 22.2 Å². The predicted octanol–water partition coefficient (Wildman–Crippen LogP) is 6.10. The van der Waals surface area contributed by atoms with E-state index in [1.165, 1.54) is 7.11 Å². The van der Waals surface area contributed by atoms with Gasteiger partial charge in [0.15, 0.2) is 35.4 Å². The molecule has 9 heteroatoms. The number of hydrogen-bond acceptors (Lipinski definition) is 7. The molecule has 39 heavy (non-hydrogen) atoms. The molecule has 0 radical (unpaired) electrons. The van der Waals surface area contributed by atoms with Crippen LogP contribution in [0.25, 0.3) is 0 Å². The van der Waals surface area contributed by atoms with E-state index in [0.717, 1.165) is 18.4 Å². The highest BCUT2D eigenvalue weighted by Crippen LogP contribution is 2.43. The number of aldehydes is 1. The first-order valence-corrected chi connectivity index (χ1v) is 14.4. The molecule has 1 heterocycles. The van der Waals surface area contributed by atoms with Crippen molar-refractivity contribution in [2.45, 2.75) is 62.6 Å². The zero-order valence-corrected chi connectivity index (χ0v) is 23.5. The Morgan fingerprint density at radius 3 is 2.26 bits per heavy atom. The quantitative estimate of drug-likeness (QED) is 0.303. The van der Waals surface area contributed by atoms with Crippen molar-refractivity contribution in [1.82, 2.24) is 0 Å². The van der Waals surface area contributed by atoms with E-state index in [0.29, 0.717) is 30.8 Å². The van der Waals surface area contributed by atoms with Gasteiger partial charge in [-0.15, -0.1) is 0 Å². The molecule has 2 unspecified atom stereocenters. The lowest BCUT2D eigenvalue weighted by atomic mass is 9.87. The summed E-state index contributed by atoms with van der Waals surface area (Å²) in [6, 6.07) is 18.6. The number of nitrogens with one attached hydrogen (secondary N) is 1. The highest BCUT2D eigenvalue weighted by atomic mass is 32.2. The van der Waals surface area contributed by atoms with Gasteiger partial charge in [0, 0.05) is 6.61 Å². The number of sulfonamides is 1. The van der Waals surface area contributed by atoms with Crippen LogP contribution in [0.5, 0.6) is 23.0 Å². The van der Waals surface area contributed by atoms with Crippen LogP contribution < -0.4 is 18.9 Å². The normalized spacial score (nSPS) is 16.7. The number of benzene rings is 3. The van der Waals surface area contributed by atoms with E-state index >= 15 is 0 Å². The van der Waals surface area contributed by atoms with Gasteiger partial charge in [-0.3, -0.25) is 9.52 Å². The van der Waals surface area contributed by atoms with Crippen molar-refractivity contribution in [3.05, 3.63) is 72.3 Å². The summed E-state index contributed by atoms with van der Waals surface area (Å²) in [5.41, 5.74) is 1.04. The van der Waals surface area contributed by atoms with Gasteiger partial charge in [-0.05, 0) is 66.6 Å². The highest BCUT2D eigenvalue weighted by Gasteiger charge is 2.29. The van der Waals surface area contributed by atoms with E-state index in [1.54, 1.807) is 66.7 Å². The minimum Gasteiger partial charge on any atom is -0.493 e. The Bertz CT molecular complexity index is 1380. The number of carbonyl (C=O) groups is 1. The summed E-state index contributed by atoms with van der Waals surface area (Å²) < 4.78 is 53.0. The molecule has 0 aliphatic carbocycles. The molecule has 0 saturated carbocycles. The van der Waals surface area contributed by atoms with E-state index in [4.69, 9.17) is 18.9 Å².